The standard InChI is InChI=1S/C16H18FNO3/c17-13-5-3-12(4-6-13)11-14(19)18-9-10-21-15(20)16(18)7-1-2-8-16/h3-6H,1-2,7-11H2. The maximum absolute atomic E-state index is 12.9. The number of esters is 1. The lowest BCUT2D eigenvalue weighted by Crippen LogP contribution is -2.60. The third-order valence-electron chi connectivity index (χ3n) is 4.45. The van der Waals surface area contributed by atoms with E-state index in [1.165, 1.54) is 12.1 Å². The Labute approximate surface area is 122 Å². The average molecular weight is 291 g/mol. The number of hydrogen-bond donors (Lipinski definition) is 0. The van der Waals surface area contributed by atoms with Crippen molar-refractivity contribution in [2.45, 2.75) is 37.6 Å². The number of benzene rings is 1. The van der Waals surface area contributed by atoms with Gasteiger partial charge in [0.05, 0.1) is 13.0 Å². The summed E-state index contributed by atoms with van der Waals surface area (Å²) in [6, 6.07) is 5.91. The number of carbonyl (C=O) groups is 2. The van der Waals surface area contributed by atoms with Crippen LogP contribution < -0.4 is 0 Å². The third-order valence-corrected chi connectivity index (χ3v) is 4.45. The smallest absolute Gasteiger partial charge is 0.332 e. The van der Waals surface area contributed by atoms with Gasteiger partial charge in [0.15, 0.2) is 0 Å². The first kappa shape index (κ1) is 14.0. The first-order valence-electron chi connectivity index (χ1n) is 7.34. The number of ether oxygens (including phenoxy) is 1. The number of cyclic esters (lactones) is 1. The van der Waals surface area contributed by atoms with E-state index < -0.39 is 5.54 Å². The highest BCUT2D eigenvalue weighted by molar-refractivity contribution is 5.90. The summed E-state index contributed by atoms with van der Waals surface area (Å²) in [5.41, 5.74) is 0.00326. The number of hydrogen-bond acceptors (Lipinski definition) is 3. The molecule has 0 radical (unpaired) electrons. The molecular weight excluding hydrogens is 273 g/mol. The molecule has 0 aromatic heterocycles. The molecule has 0 bridgehead atoms. The van der Waals surface area contributed by atoms with Crippen LogP contribution in [0.4, 0.5) is 4.39 Å². The molecule has 3 rings (SSSR count). The minimum atomic E-state index is -0.755. The molecule has 1 aromatic carbocycles. The Kier molecular flexibility index (Phi) is 3.66. The van der Waals surface area contributed by atoms with Crippen LogP contribution in [0.3, 0.4) is 0 Å². The maximum atomic E-state index is 12.9. The van der Waals surface area contributed by atoms with Crippen molar-refractivity contribution in [3.05, 3.63) is 35.6 Å². The molecule has 1 spiro atoms. The Morgan fingerprint density at radius 3 is 2.57 bits per heavy atom. The van der Waals surface area contributed by atoms with Gasteiger partial charge < -0.3 is 9.64 Å². The lowest BCUT2D eigenvalue weighted by molar-refractivity contribution is -0.174. The monoisotopic (exact) mass is 291 g/mol. The Morgan fingerprint density at radius 1 is 1.24 bits per heavy atom. The second-order valence-electron chi connectivity index (χ2n) is 5.72. The second kappa shape index (κ2) is 5.47. The van der Waals surface area contributed by atoms with Crippen LogP contribution in [0.1, 0.15) is 31.2 Å². The van der Waals surface area contributed by atoms with Gasteiger partial charge in [-0.15, -0.1) is 0 Å². The van der Waals surface area contributed by atoms with Gasteiger partial charge in [-0.25, -0.2) is 9.18 Å². The van der Waals surface area contributed by atoms with Crippen molar-refractivity contribution in [2.24, 2.45) is 0 Å². The summed E-state index contributed by atoms with van der Waals surface area (Å²) in [4.78, 5) is 26.4. The van der Waals surface area contributed by atoms with Crippen LogP contribution in [0, 0.1) is 5.82 Å². The van der Waals surface area contributed by atoms with Crippen LogP contribution in [0.5, 0.6) is 0 Å². The van der Waals surface area contributed by atoms with Gasteiger partial charge in [-0.2, -0.15) is 0 Å². The molecule has 21 heavy (non-hydrogen) atoms. The molecule has 0 N–H and O–H groups in total. The molecule has 4 nitrogen and oxygen atoms in total. The summed E-state index contributed by atoms with van der Waals surface area (Å²) >= 11 is 0. The zero-order valence-corrected chi connectivity index (χ0v) is 11.8. The number of morpholine rings is 1. The van der Waals surface area contributed by atoms with Crippen LogP contribution in [0.25, 0.3) is 0 Å². The van der Waals surface area contributed by atoms with Gasteiger partial charge >= 0.3 is 5.97 Å². The SMILES string of the molecule is O=C(Cc1ccc(F)cc1)N1CCOC(=O)C12CCCC2. The Hall–Kier alpha value is -1.91. The average Bonchev–Trinajstić information content (AvgIpc) is 2.95. The van der Waals surface area contributed by atoms with E-state index in [1.807, 2.05) is 0 Å². The van der Waals surface area contributed by atoms with Crippen molar-refractivity contribution in [3.63, 3.8) is 0 Å². The van der Waals surface area contributed by atoms with Crippen molar-refractivity contribution in [1.29, 1.82) is 0 Å². The summed E-state index contributed by atoms with van der Waals surface area (Å²) in [6.07, 6.45) is 3.43. The number of halogens is 1. The van der Waals surface area contributed by atoms with Crippen LogP contribution >= 0.6 is 0 Å². The van der Waals surface area contributed by atoms with Crippen molar-refractivity contribution in [2.75, 3.05) is 13.2 Å². The summed E-state index contributed by atoms with van der Waals surface area (Å²) in [6.45, 7) is 0.710. The fourth-order valence-electron chi connectivity index (χ4n) is 3.36. The van der Waals surface area contributed by atoms with E-state index in [9.17, 15) is 14.0 Å². The van der Waals surface area contributed by atoms with Crippen LogP contribution in [-0.4, -0.2) is 35.5 Å². The second-order valence-corrected chi connectivity index (χ2v) is 5.72. The lowest BCUT2D eigenvalue weighted by Gasteiger charge is -2.42. The fourth-order valence-corrected chi connectivity index (χ4v) is 3.36. The van der Waals surface area contributed by atoms with Crippen molar-refractivity contribution >= 4 is 11.9 Å². The van der Waals surface area contributed by atoms with Gasteiger partial charge in [-0.3, -0.25) is 4.79 Å². The molecular formula is C16H18FNO3. The first-order valence-corrected chi connectivity index (χ1v) is 7.34. The molecule has 2 fully saturated rings. The van der Waals surface area contributed by atoms with E-state index in [-0.39, 0.29) is 30.7 Å². The summed E-state index contributed by atoms with van der Waals surface area (Å²) in [5.74, 6) is -0.668. The van der Waals surface area contributed by atoms with Gasteiger partial charge in [0.25, 0.3) is 0 Å². The van der Waals surface area contributed by atoms with E-state index in [2.05, 4.69) is 0 Å². The van der Waals surface area contributed by atoms with Crippen molar-refractivity contribution in [3.8, 4) is 0 Å². The normalized spacial score (nSPS) is 20.6. The number of amides is 1. The van der Waals surface area contributed by atoms with Crippen molar-refractivity contribution < 1.29 is 18.7 Å². The van der Waals surface area contributed by atoms with E-state index in [0.29, 0.717) is 19.4 Å². The zero-order valence-electron chi connectivity index (χ0n) is 11.8. The molecule has 0 atom stereocenters. The summed E-state index contributed by atoms with van der Waals surface area (Å²) in [7, 11) is 0. The predicted molar refractivity (Wildman–Crippen MR) is 74.0 cm³/mol. The van der Waals surface area contributed by atoms with E-state index in [1.54, 1.807) is 17.0 Å². The number of rotatable bonds is 2. The van der Waals surface area contributed by atoms with Gasteiger partial charge in [0.2, 0.25) is 5.91 Å². The summed E-state index contributed by atoms with van der Waals surface area (Å²) < 4.78 is 18.1. The molecule has 1 aromatic rings. The van der Waals surface area contributed by atoms with Crippen LogP contribution in [0.2, 0.25) is 0 Å². The van der Waals surface area contributed by atoms with E-state index >= 15 is 0 Å². The first-order chi connectivity index (χ1) is 10.1. The third kappa shape index (κ3) is 2.52. The molecule has 0 unspecified atom stereocenters. The quantitative estimate of drug-likeness (QED) is 0.784. The van der Waals surface area contributed by atoms with Gasteiger partial charge in [-0.05, 0) is 30.5 Å². The lowest BCUT2D eigenvalue weighted by atomic mass is 9.93. The molecule has 1 aliphatic heterocycles. The largest absolute Gasteiger partial charge is 0.462 e. The van der Waals surface area contributed by atoms with Gasteiger partial charge in [0, 0.05) is 0 Å². The zero-order chi connectivity index (χ0) is 14.9. The summed E-state index contributed by atoms with van der Waals surface area (Å²) in [5, 5.41) is 0. The fraction of sp³-hybridized carbons (Fsp3) is 0.500. The number of carbonyl (C=O) groups excluding carboxylic acids is 2. The number of nitrogens with zero attached hydrogens (tertiary/aromatic N) is 1. The van der Waals surface area contributed by atoms with E-state index in [0.717, 1.165) is 18.4 Å². The molecule has 112 valence electrons. The molecule has 5 heteroatoms. The highest BCUT2D eigenvalue weighted by Crippen LogP contribution is 2.38. The molecule has 1 amide bonds. The van der Waals surface area contributed by atoms with Gasteiger partial charge in [0.1, 0.15) is 18.0 Å². The Bertz CT molecular complexity index is 549. The molecule has 1 aliphatic carbocycles. The maximum Gasteiger partial charge on any atom is 0.332 e. The minimum absolute atomic E-state index is 0.0832. The van der Waals surface area contributed by atoms with Gasteiger partial charge in [-0.1, -0.05) is 25.0 Å². The highest BCUT2D eigenvalue weighted by Gasteiger charge is 2.51. The Morgan fingerprint density at radius 2 is 1.90 bits per heavy atom. The van der Waals surface area contributed by atoms with E-state index in [4.69, 9.17) is 4.74 Å². The molecule has 1 heterocycles. The Balaban J connectivity index is 1.79. The minimum Gasteiger partial charge on any atom is -0.462 e. The molecule has 2 aliphatic rings. The molecule has 1 saturated carbocycles. The predicted octanol–water partition coefficient (Wildman–Crippen LogP) is 2.07. The van der Waals surface area contributed by atoms with Crippen LogP contribution in [-0.2, 0) is 20.7 Å². The highest BCUT2D eigenvalue weighted by atomic mass is 19.1. The topological polar surface area (TPSA) is 46.6 Å². The van der Waals surface area contributed by atoms with Crippen molar-refractivity contribution in [1.82, 2.24) is 4.90 Å². The van der Waals surface area contributed by atoms with Crippen LogP contribution in [0.15, 0.2) is 24.3 Å². The molecule has 1 saturated heterocycles.